The minimum absolute atomic E-state index is 0.0826. The molecule has 14 nitrogen and oxygen atoms in total. The van der Waals surface area contributed by atoms with E-state index in [1.807, 2.05) is 0 Å². The van der Waals surface area contributed by atoms with Crippen LogP contribution in [0.3, 0.4) is 0 Å². The molecule has 2 aliphatic rings. The van der Waals surface area contributed by atoms with Crippen LogP contribution in [0.2, 0.25) is 0 Å². The summed E-state index contributed by atoms with van der Waals surface area (Å²) in [6.45, 7) is 1.36. The van der Waals surface area contributed by atoms with Gasteiger partial charge in [0.15, 0.2) is 23.0 Å². The number of nitro groups is 3. The topological polar surface area (TPSA) is 192 Å². The summed E-state index contributed by atoms with van der Waals surface area (Å²) in [7, 11) is 0. The molecule has 0 amide bonds. The van der Waals surface area contributed by atoms with Crippen LogP contribution >= 0.6 is 0 Å². The number of ether oxygens (including phenoxy) is 4. The summed E-state index contributed by atoms with van der Waals surface area (Å²) in [5, 5.41) is 31.8. The number of anilines is 1. The van der Waals surface area contributed by atoms with E-state index >= 15 is 0 Å². The van der Waals surface area contributed by atoms with Gasteiger partial charge >= 0.3 is 11.4 Å². The molecule has 2 aromatic rings. The first-order chi connectivity index (χ1) is 14.3. The summed E-state index contributed by atoms with van der Waals surface area (Å²) in [6.07, 6.45) is 0. The van der Waals surface area contributed by atoms with Gasteiger partial charge in [-0.05, 0) is 0 Å². The predicted molar refractivity (Wildman–Crippen MR) is 99.2 cm³/mol. The third kappa shape index (κ3) is 4.21. The fourth-order valence-corrected chi connectivity index (χ4v) is 2.61. The van der Waals surface area contributed by atoms with E-state index in [0.717, 1.165) is 12.1 Å². The predicted octanol–water partition coefficient (Wildman–Crippen LogP) is 2.22. The smallest absolute Gasteiger partial charge is 0.350 e. The maximum atomic E-state index is 10.6. The monoisotopic (exact) mass is 422 g/mol. The normalized spacial score (nSPS) is 13.5. The third-order valence-electron chi connectivity index (χ3n) is 3.92. The minimum Gasteiger partial charge on any atom is -0.486 e. The maximum Gasteiger partial charge on any atom is 0.350 e. The molecule has 14 heteroatoms. The summed E-state index contributed by atoms with van der Waals surface area (Å²) in [5.74, 6) is 1.14. The zero-order chi connectivity index (χ0) is 21.8. The first-order valence-corrected chi connectivity index (χ1v) is 8.34. The van der Waals surface area contributed by atoms with Crippen LogP contribution in [0.4, 0.5) is 22.7 Å². The number of nitro benzene ring substituents is 3. The Morgan fingerprint density at radius 3 is 1.23 bits per heavy atom. The molecule has 0 radical (unpaired) electrons. The van der Waals surface area contributed by atoms with Gasteiger partial charge in [-0.3, -0.25) is 30.3 Å². The van der Waals surface area contributed by atoms with Crippen LogP contribution in [0.25, 0.3) is 0 Å². The third-order valence-corrected chi connectivity index (χ3v) is 3.92. The van der Waals surface area contributed by atoms with Crippen LogP contribution in [0.5, 0.6) is 23.0 Å². The highest BCUT2D eigenvalue weighted by Crippen LogP contribution is 2.40. The van der Waals surface area contributed by atoms with E-state index in [0.29, 0.717) is 24.7 Å². The molecule has 0 fully saturated rings. The van der Waals surface area contributed by atoms with Gasteiger partial charge in [0.1, 0.15) is 32.1 Å². The molecule has 0 aliphatic carbocycles. The summed E-state index contributed by atoms with van der Waals surface area (Å²) >= 11 is 0. The van der Waals surface area contributed by atoms with Crippen molar-refractivity contribution in [3.63, 3.8) is 0 Å². The Morgan fingerprint density at radius 2 is 0.900 bits per heavy atom. The minimum atomic E-state index is -0.823. The van der Waals surface area contributed by atoms with Crippen LogP contribution in [0.15, 0.2) is 24.3 Å². The average molecular weight is 422 g/mol. The van der Waals surface area contributed by atoms with Crippen LogP contribution in [-0.4, -0.2) is 41.2 Å². The maximum absolute atomic E-state index is 10.6. The van der Waals surface area contributed by atoms with Crippen molar-refractivity contribution in [2.75, 3.05) is 32.2 Å². The van der Waals surface area contributed by atoms with Gasteiger partial charge in [-0.15, -0.1) is 0 Å². The second-order valence-electron chi connectivity index (χ2n) is 5.81. The van der Waals surface area contributed by atoms with Gasteiger partial charge in [0.05, 0.1) is 33.0 Å². The Morgan fingerprint density at radius 1 is 0.600 bits per heavy atom. The zero-order valence-corrected chi connectivity index (χ0v) is 15.1. The van der Waals surface area contributed by atoms with Crippen molar-refractivity contribution in [2.24, 2.45) is 0 Å². The lowest BCUT2D eigenvalue weighted by Crippen LogP contribution is -2.15. The summed E-state index contributed by atoms with van der Waals surface area (Å²) < 4.78 is 20.6. The van der Waals surface area contributed by atoms with Crippen LogP contribution in [0.1, 0.15) is 0 Å². The molecule has 158 valence electrons. The van der Waals surface area contributed by atoms with Gasteiger partial charge in [0, 0.05) is 6.07 Å². The standard InChI is InChI=1S/C8H6N2O6.C8H8N2O4/c11-9(12)5-3-7-8(16-2-1-15-7)4-6(5)10(13)14;9-5-3-7-8(14-2-1-13-7)4-6(5)10(11)12/h3-4H,1-2H2;3-4H,1-2,9H2. The van der Waals surface area contributed by atoms with Crippen molar-refractivity contribution in [1.29, 1.82) is 0 Å². The van der Waals surface area contributed by atoms with E-state index < -0.39 is 26.1 Å². The number of hydrogen-bond acceptors (Lipinski definition) is 11. The number of hydrogen-bond donors (Lipinski definition) is 1. The summed E-state index contributed by atoms with van der Waals surface area (Å²) in [5.41, 5.74) is 4.19. The molecule has 0 spiro atoms. The van der Waals surface area contributed by atoms with Crippen molar-refractivity contribution in [2.45, 2.75) is 0 Å². The molecule has 0 bridgehead atoms. The Labute approximate surface area is 167 Å². The van der Waals surface area contributed by atoms with Gasteiger partial charge in [-0.1, -0.05) is 0 Å². The number of nitrogens with two attached hydrogens (primary N) is 1. The van der Waals surface area contributed by atoms with Gasteiger partial charge in [0.25, 0.3) is 5.69 Å². The van der Waals surface area contributed by atoms with Gasteiger partial charge in [-0.25, -0.2) is 0 Å². The second-order valence-corrected chi connectivity index (χ2v) is 5.81. The Hall–Kier alpha value is -4.36. The van der Waals surface area contributed by atoms with Gasteiger partial charge < -0.3 is 24.7 Å². The molecule has 0 saturated carbocycles. The van der Waals surface area contributed by atoms with Gasteiger partial charge in [-0.2, -0.15) is 0 Å². The highest BCUT2D eigenvalue weighted by atomic mass is 16.6. The van der Waals surface area contributed by atoms with Crippen molar-refractivity contribution >= 4 is 22.7 Å². The molecule has 2 N–H and O–H groups in total. The molecule has 0 aromatic heterocycles. The first-order valence-electron chi connectivity index (χ1n) is 8.34. The van der Waals surface area contributed by atoms with Crippen LogP contribution < -0.4 is 24.7 Å². The van der Waals surface area contributed by atoms with E-state index in [1.165, 1.54) is 12.1 Å². The molecular formula is C16H14N4O10. The van der Waals surface area contributed by atoms with E-state index in [1.54, 1.807) is 0 Å². The highest BCUT2D eigenvalue weighted by molar-refractivity contribution is 5.66. The quantitative estimate of drug-likeness (QED) is 0.433. The fraction of sp³-hybridized carbons (Fsp3) is 0.250. The summed E-state index contributed by atoms with van der Waals surface area (Å²) in [4.78, 5) is 29.6. The summed E-state index contributed by atoms with van der Waals surface area (Å²) in [6, 6.07) is 4.70. The van der Waals surface area contributed by atoms with E-state index in [4.69, 9.17) is 24.7 Å². The van der Waals surface area contributed by atoms with E-state index in [9.17, 15) is 30.3 Å². The van der Waals surface area contributed by atoms with Crippen molar-refractivity contribution in [3.05, 3.63) is 54.6 Å². The average Bonchev–Trinajstić information content (AvgIpc) is 2.72. The van der Waals surface area contributed by atoms with Crippen molar-refractivity contribution in [1.82, 2.24) is 0 Å². The molecule has 2 aromatic carbocycles. The molecular weight excluding hydrogens is 408 g/mol. The van der Waals surface area contributed by atoms with Crippen LogP contribution in [-0.2, 0) is 0 Å². The van der Waals surface area contributed by atoms with E-state index in [2.05, 4.69) is 0 Å². The molecule has 4 rings (SSSR count). The zero-order valence-electron chi connectivity index (χ0n) is 15.1. The molecule has 0 saturated heterocycles. The SMILES string of the molecule is Nc1cc2c(cc1[N+](=O)[O-])OCCO2.O=[N+]([O-])c1cc2c(cc1[N+](=O)[O-])OCCO2. The number of benzene rings is 2. The van der Waals surface area contributed by atoms with Gasteiger partial charge in [0.2, 0.25) is 0 Å². The Bertz CT molecular complexity index is 983. The first kappa shape index (κ1) is 20.4. The Kier molecular flexibility index (Phi) is 5.66. The second kappa shape index (κ2) is 8.34. The number of rotatable bonds is 3. The lowest BCUT2D eigenvalue weighted by Gasteiger charge is -2.18. The fourth-order valence-electron chi connectivity index (χ4n) is 2.61. The number of fused-ring (bicyclic) bond motifs is 2. The molecule has 2 aliphatic heterocycles. The lowest BCUT2D eigenvalue weighted by atomic mass is 10.2. The Balaban J connectivity index is 0.000000172. The highest BCUT2D eigenvalue weighted by Gasteiger charge is 2.29. The number of nitrogen functional groups attached to an aromatic ring is 1. The van der Waals surface area contributed by atoms with Crippen molar-refractivity contribution in [3.8, 4) is 23.0 Å². The molecule has 0 unspecified atom stereocenters. The van der Waals surface area contributed by atoms with Crippen molar-refractivity contribution < 1.29 is 33.7 Å². The molecule has 2 heterocycles. The largest absolute Gasteiger partial charge is 0.486 e. The lowest BCUT2D eigenvalue weighted by molar-refractivity contribution is -0.422. The van der Waals surface area contributed by atoms with E-state index in [-0.39, 0.29) is 36.1 Å². The number of nitrogens with zero attached hydrogens (tertiary/aromatic N) is 3. The molecule has 0 atom stereocenters. The molecule has 30 heavy (non-hydrogen) atoms. The van der Waals surface area contributed by atoms with Crippen LogP contribution in [0, 0.1) is 30.3 Å².